The highest BCUT2D eigenvalue weighted by atomic mass is 32.2. The van der Waals surface area contributed by atoms with Gasteiger partial charge in [0.15, 0.2) is 6.54 Å². The van der Waals surface area contributed by atoms with Crippen LogP contribution in [0.15, 0.2) is 54.6 Å². The van der Waals surface area contributed by atoms with Crippen LogP contribution in [0.4, 0.5) is 5.69 Å². The molecule has 1 aliphatic rings. The molecule has 0 radical (unpaired) electrons. The Kier molecular flexibility index (Phi) is 6.26. The molecule has 1 aliphatic heterocycles. The number of quaternary nitrogens is 1. The van der Waals surface area contributed by atoms with Gasteiger partial charge < -0.3 is 10.2 Å². The van der Waals surface area contributed by atoms with Crippen molar-refractivity contribution in [3.8, 4) is 0 Å². The number of carbonyl (C=O) groups excluding carboxylic acids is 1. The number of nitrogens with one attached hydrogen (secondary N) is 2. The summed E-state index contributed by atoms with van der Waals surface area (Å²) in [5, 5.41) is 2.94. The Morgan fingerprint density at radius 1 is 1.04 bits per heavy atom. The van der Waals surface area contributed by atoms with Gasteiger partial charge in [-0.3, -0.25) is 4.79 Å². The number of aryl methyl sites for hydroxylation is 1. The fourth-order valence-electron chi connectivity index (χ4n) is 3.27. The minimum atomic E-state index is -3.32. The van der Waals surface area contributed by atoms with Crippen LogP contribution in [-0.2, 0) is 20.6 Å². The van der Waals surface area contributed by atoms with E-state index in [4.69, 9.17) is 0 Å². The molecule has 2 N–H and O–H groups in total. The maximum atomic E-state index is 12.6. The second kappa shape index (κ2) is 8.65. The molecule has 0 atom stereocenters. The third kappa shape index (κ3) is 5.38. The summed E-state index contributed by atoms with van der Waals surface area (Å²) in [5.41, 5.74) is 2.65. The van der Waals surface area contributed by atoms with E-state index in [0.29, 0.717) is 32.7 Å². The van der Waals surface area contributed by atoms with Gasteiger partial charge >= 0.3 is 0 Å². The van der Waals surface area contributed by atoms with Crippen molar-refractivity contribution in [2.45, 2.75) is 12.7 Å². The number of amides is 1. The van der Waals surface area contributed by atoms with Crippen LogP contribution >= 0.6 is 0 Å². The molecule has 7 heteroatoms. The average Bonchev–Trinajstić information content (AvgIpc) is 2.64. The van der Waals surface area contributed by atoms with Crippen molar-refractivity contribution in [3.05, 3.63) is 65.7 Å². The molecule has 0 spiro atoms. The van der Waals surface area contributed by atoms with Crippen LogP contribution in [0.1, 0.15) is 11.1 Å². The van der Waals surface area contributed by atoms with E-state index in [1.165, 1.54) is 0 Å². The lowest BCUT2D eigenvalue weighted by molar-refractivity contribution is -0.895. The first-order chi connectivity index (χ1) is 12.9. The Bertz CT molecular complexity index is 876. The SMILES string of the molecule is Cc1ccccc1NC(=O)C[NH+]1CCN(S(=O)(=O)Cc2ccccc2)CC1. The highest BCUT2D eigenvalue weighted by Gasteiger charge is 2.30. The van der Waals surface area contributed by atoms with Crippen molar-refractivity contribution in [3.63, 3.8) is 0 Å². The summed E-state index contributed by atoms with van der Waals surface area (Å²) in [7, 11) is -3.32. The summed E-state index contributed by atoms with van der Waals surface area (Å²) in [6, 6.07) is 16.9. The first kappa shape index (κ1) is 19.5. The molecule has 0 bridgehead atoms. The second-order valence-corrected chi connectivity index (χ2v) is 8.90. The third-order valence-electron chi connectivity index (χ3n) is 4.84. The number of hydrogen-bond acceptors (Lipinski definition) is 3. The Labute approximate surface area is 160 Å². The number of benzene rings is 2. The van der Waals surface area contributed by atoms with Gasteiger partial charge in [-0.05, 0) is 24.1 Å². The highest BCUT2D eigenvalue weighted by molar-refractivity contribution is 7.88. The zero-order valence-electron chi connectivity index (χ0n) is 15.5. The van der Waals surface area contributed by atoms with Crippen molar-refractivity contribution in [2.75, 3.05) is 38.0 Å². The number of hydrogen-bond donors (Lipinski definition) is 2. The molecule has 2 aromatic carbocycles. The molecule has 144 valence electrons. The normalized spacial score (nSPS) is 16.2. The smallest absolute Gasteiger partial charge is 0.279 e. The molecule has 6 nitrogen and oxygen atoms in total. The van der Waals surface area contributed by atoms with Crippen molar-refractivity contribution in [2.24, 2.45) is 0 Å². The number of anilines is 1. The molecule has 2 aromatic rings. The van der Waals surface area contributed by atoms with E-state index in [9.17, 15) is 13.2 Å². The maximum Gasteiger partial charge on any atom is 0.279 e. The summed E-state index contributed by atoms with van der Waals surface area (Å²) < 4.78 is 26.7. The zero-order valence-corrected chi connectivity index (χ0v) is 16.3. The van der Waals surface area contributed by atoms with Crippen molar-refractivity contribution in [1.29, 1.82) is 0 Å². The second-order valence-electron chi connectivity index (χ2n) is 6.93. The predicted molar refractivity (Wildman–Crippen MR) is 106 cm³/mol. The van der Waals surface area contributed by atoms with E-state index in [2.05, 4.69) is 5.32 Å². The van der Waals surface area contributed by atoms with Crippen molar-refractivity contribution < 1.29 is 18.1 Å². The average molecular weight is 389 g/mol. The van der Waals surface area contributed by atoms with E-state index in [-0.39, 0.29) is 11.7 Å². The van der Waals surface area contributed by atoms with Gasteiger partial charge in [0.25, 0.3) is 5.91 Å². The predicted octanol–water partition coefficient (Wildman–Crippen LogP) is 0.664. The molecule has 1 amide bonds. The molecular formula is C20H26N3O3S+. The van der Waals surface area contributed by atoms with Crippen molar-refractivity contribution in [1.82, 2.24) is 4.31 Å². The van der Waals surface area contributed by atoms with Gasteiger partial charge in [0.1, 0.15) is 0 Å². The molecule has 3 rings (SSSR count). The number of sulfonamides is 1. The number of rotatable bonds is 6. The summed E-state index contributed by atoms with van der Waals surface area (Å²) in [4.78, 5) is 13.4. The summed E-state index contributed by atoms with van der Waals surface area (Å²) >= 11 is 0. The first-order valence-electron chi connectivity index (χ1n) is 9.15. The van der Waals surface area contributed by atoms with Crippen LogP contribution < -0.4 is 10.2 Å². The number of piperazine rings is 1. The van der Waals surface area contributed by atoms with Gasteiger partial charge in [-0.1, -0.05) is 48.5 Å². The lowest BCUT2D eigenvalue weighted by Crippen LogP contribution is -3.15. The molecule has 1 fully saturated rings. The van der Waals surface area contributed by atoms with E-state index in [0.717, 1.165) is 21.7 Å². The lowest BCUT2D eigenvalue weighted by Gasteiger charge is -2.31. The molecule has 0 aromatic heterocycles. The minimum absolute atomic E-state index is 0.0247. The molecule has 0 aliphatic carbocycles. The highest BCUT2D eigenvalue weighted by Crippen LogP contribution is 2.13. The molecule has 1 saturated heterocycles. The van der Waals surface area contributed by atoms with Gasteiger partial charge in [-0.25, -0.2) is 8.42 Å². The molecular weight excluding hydrogens is 362 g/mol. The first-order valence-corrected chi connectivity index (χ1v) is 10.8. The Morgan fingerprint density at radius 2 is 1.67 bits per heavy atom. The molecule has 0 saturated carbocycles. The molecule has 1 heterocycles. The standard InChI is InChI=1S/C20H25N3O3S/c1-17-7-5-6-10-19(17)21-20(24)15-22-11-13-23(14-12-22)27(25,26)16-18-8-3-2-4-9-18/h2-10H,11-16H2,1H3,(H,21,24)/p+1. The molecule has 27 heavy (non-hydrogen) atoms. The third-order valence-corrected chi connectivity index (χ3v) is 6.69. The van der Waals surface area contributed by atoms with E-state index in [1.807, 2.05) is 61.5 Å². The Balaban J connectivity index is 1.50. The van der Waals surface area contributed by atoms with Crippen LogP contribution in [0.2, 0.25) is 0 Å². The summed E-state index contributed by atoms with van der Waals surface area (Å²) in [5.74, 6) is -0.0170. The van der Waals surface area contributed by atoms with Crippen LogP contribution in [0.25, 0.3) is 0 Å². The maximum absolute atomic E-state index is 12.6. The van der Waals surface area contributed by atoms with E-state index in [1.54, 1.807) is 4.31 Å². The quantitative estimate of drug-likeness (QED) is 0.764. The van der Waals surface area contributed by atoms with Crippen molar-refractivity contribution >= 4 is 21.6 Å². The van der Waals surface area contributed by atoms with E-state index >= 15 is 0 Å². The van der Waals surface area contributed by atoms with Gasteiger partial charge in [0.2, 0.25) is 10.0 Å². The van der Waals surface area contributed by atoms with Gasteiger partial charge in [0.05, 0.1) is 31.9 Å². The topological polar surface area (TPSA) is 70.9 Å². The summed E-state index contributed by atoms with van der Waals surface area (Å²) in [6.07, 6.45) is 0. The monoisotopic (exact) mass is 388 g/mol. The van der Waals surface area contributed by atoms with Crippen LogP contribution in [-0.4, -0.2) is 51.4 Å². The fourth-order valence-corrected chi connectivity index (χ4v) is 4.80. The van der Waals surface area contributed by atoms with E-state index < -0.39 is 10.0 Å². The number of carbonyl (C=O) groups is 1. The minimum Gasteiger partial charge on any atom is -0.325 e. The Hall–Kier alpha value is -2.22. The summed E-state index contributed by atoms with van der Waals surface area (Å²) in [6.45, 7) is 4.47. The Morgan fingerprint density at radius 3 is 2.33 bits per heavy atom. The van der Waals surface area contributed by atoms with Crippen LogP contribution in [0.5, 0.6) is 0 Å². The lowest BCUT2D eigenvalue weighted by atomic mass is 10.2. The van der Waals surface area contributed by atoms with Crippen LogP contribution in [0, 0.1) is 6.92 Å². The van der Waals surface area contributed by atoms with Gasteiger partial charge in [-0.15, -0.1) is 0 Å². The van der Waals surface area contributed by atoms with Gasteiger partial charge in [-0.2, -0.15) is 4.31 Å². The zero-order chi connectivity index (χ0) is 19.3. The molecule has 0 unspecified atom stereocenters. The fraction of sp³-hybridized carbons (Fsp3) is 0.350. The van der Waals surface area contributed by atoms with Gasteiger partial charge in [0, 0.05) is 5.69 Å². The largest absolute Gasteiger partial charge is 0.325 e. The number of para-hydroxylation sites is 1. The number of nitrogens with zero attached hydrogens (tertiary/aromatic N) is 1. The van der Waals surface area contributed by atoms with Crippen LogP contribution in [0.3, 0.4) is 0 Å².